The van der Waals surface area contributed by atoms with E-state index in [0.717, 1.165) is 48.3 Å². The van der Waals surface area contributed by atoms with Crippen LogP contribution in [-0.4, -0.2) is 46.9 Å². The largest absolute Gasteiger partial charge is 0.369 e. The van der Waals surface area contributed by atoms with Gasteiger partial charge in [-0.1, -0.05) is 36.4 Å². The van der Waals surface area contributed by atoms with E-state index in [2.05, 4.69) is 20.2 Å². The minimum atomic E-state index is -0.499. The number of nitrogens with zero attached hydrogens (tertiary/aromatic N) is 4. The molecule has 1 saturated heterocycles. The lowest BCUT2D eigenvalue weighted by atomic mass is 10.0. The van der Waals surface area contributed by atoms with Crippen molar-refractivity contribution in [1.29, 1.82) is 0 Å². The molecule has 1 aliphatic rings. The third-order valence-electron chi connectivity index (χ3n) is 6.02. The van der Waals surface area contributed by atoms with Crippen molar-refractivity contribution >= 4 is 28.1 Å². The Kier molecular flexibility index (Phi) is 5.97. The predicted octanol–water partition coefficient (Wildman–Crippen LogP) is 4.04. The molecule has 1 fully saturated rings. The summed E-state index contributed by atoms with van der Waals surface area (Å²) in [6.07, 6.45) is 1.36. The molecule has 0 aliphatic carbocycles. The fourth-order valence-electron chi connectivity index (χ4n) is 4.20. The van der Waals surface area contributed by atoms with E-state index in [1.165, 1.54) is 6.07 Å². The highest BCUT2D eigenvalue weighted by atomic mass is 16.6. The molecular formula is C26H23N5O3. The summed E-state index contributed by atoms with van der Waals surface area (Å²) in [6.45, 7) is 3.78. The summed E-state index contributed by atoms with van der Waals surface area (Å²) >= 11 is 0. The molecule has 0 bridgehead atoms. The van der Waals surface area contributed by atoms with E-state index in [1.807, 2.05) is 48.5 Å². The number of fused-ring (bicyclic) bond motifs is 1. The molecule has 2 aromatic carbocycles. The fourth-order valence-corrected chi connectivity index (χ4v) is 4.20. The number of hydrogen-bond acceptors (Lipinski definition) is 7. The summed E-state index contributed by atoms with van der Waals surface area (Å²) in [5.74, 6) is -0.263. The molecule has 0 atom stereocenters. The van der Waals surface area contributed by atoms with Crippen LogP contribution in [0, 0.1) is 10.1 Å². The highest BCUT2D eigenvalue weighted by Gasteiger charge is 2.21. The maximum atomic E-state index is 13.1. The predicted molar refractivity (Wildman–Crippen MR) is 131 cm³/mol. The molecule has 0 radical (unpaired) electrons. The molecule has 3 heterocycles. The van der Waals surface area contributed by atoms with Crippen molar-refractivity contribution in [2.75, 3.05) is 31.1 Å². The Labute approximate surface area is 196 Å². The second kappa shape index (κ2) is 9.36. The number of ketones is 1. The Hall–Kier alpha value is -4.17. The van der Waals surface area contributed by atoms with Gasteiger partial charge in [-0.25, -0.2) is 4.98 Å². The van der Waals surface area contributed by atoms with Crippen molar-refractivity contribution in [3.8, 4) is 11.3 Å². The van der Waals surface area contributed by atoms with E-state index in [-0.39, 0.29) is 23.6 Å². The smallest absolute Gasteiger partial charge is 0.291 e. The van der Waals surface area contributed by atoms with Crippen LogP contribution in [0.2, 0.25) is 0 Å². The van der Waals surface area contributed by atoms with Gasteiger partial charge in [0.1, 0.15) is 5.69 Å². The third-order valence-corrected chi connectivity index (χ3v) is 6.02. The van der Waals surface area contributed by atoms with E-state index in [1.54, 1.807) is 18.3 Å². The van der Waals surface area contributed by atoms with Gasteiger partial charge in [-0.15, -0.1) is 0 Å². The molecule has 4 aromatic rings. The minimum Gasteiger partial charge on any atom is -0.369 e. The molecule has 1 N–H and O–H groups in total. The Morgan fingerprint density at radius 3 is 2.59 bits per heavy atom. The summed E-state index contributed by atoms with van der Waals surface area (Å²) in [6, 6.07) is 20.2. The number of piperazine rings is 1. The Balaban J connectivity index is 1.42. The van der Waals surface area contributed by atoms with E-state index in [4.69, 9.17) is 0 Å². The standard InChI is InChI=1S/C26H23N5O3/c32-26(16-24-25(31(33)34)9-8-22(29-24)18-4-2-1-3-5-18)20-14-19-6-7-21(15-23(19)28-17-20)30-12-10-27-11-13-30/h1-9,14-15,17,27H,10-13,16H2. The summed E-state index contributed by atoms with van der Waals surface area (Å²) < 4.78 is 0. The molecule has 8 heteroatoms. The Morgan fingerprint density at radius 2 is 1.82 bits per heavy atom. The number of nitrogens with one attached hydrogen (secondary N) is 1. The lowest BCUT2D eigenvalue weighted by Crippen LogP contribution is -2.43. The van der Waals surface area contributed by atoms with Gasteiger partial charge in [0.2, 0.25) is 0 Å². The quantitative estimate of drug-likeness (QED) is 0.267. The maximum absolute atomic E-state index is 13.1. The molecule has 0 spiro atoms. The molecule has 2 aromatic heterocycles. The van der Waals surface area contributed by atoms with Crippen molar-refractivity contribution in [2.45, 2.75) is 6.42 Å². The first-order valence-electron chi connectivity index (χ1n) is 11.2. The van der Waals surface area contributed by atoms with Gasteiger partial charge < -0.3 is 10.2 Å². The molecule has 1 aliphatic heterocycles. The number of hydrogen-bond donors (Lipinski definition) is 1. The molecule has 0 unspecified atom stereocenters. The molecule has 0 saturated carbocycles. The average Bonchev–Trinajstić information content (AvgIpc) is 2.89. The van der Waals surface area contributed by atoms with Crippen LogP contribution in [0.5, 0.6) is 0 Å². The van der Waals surface area contributed by atoms with E-state index in [9.17, 15) is 14.9 Å². The van der Waals surface area contributed by atoms with Crippen molar-refractivity contribution in [2.24, 2.45) is 0 Å². The van der Waals surface area contributed by atoms with Crippen LogP contribution in [0.25, 0.3) is 22.2 Å². The van der Waals surface area contributed by atoms with Crippen molar-refractivity contribution in [1.82, 2.24) is 15.3 Å². The topological polar surface area (TPSA) is 101 Å². The average molecular weight is 454 g/mol. The van der Waals surface area contributed by atoms with E-state index >= 15 is 0 Å². The van der Waals surface area contributed by atoms with Crippen molar-refractivity contribution in [3.63, 3.8) is 0 Å². The Bertz CT molecular complexity index is 1370. The molecular weight excluding hydrogens is 430 g/mol. The van der Waals surface area contributed by atoms with Crippen LogP contribution in [0.3, 0.4) is 0 Å². The summed E-state index contributed by atoms with van der Waals surface area (Å²) in [5.41, 5.74) is 3.72. The SMILES string of the molecule is O=C(Cc1nc(-c2ccccc2)ccc1[N+](=O)[O-])c1cnc2cc(N3CCNCC3)ccc2c1. The highest BCUT2D eigenvalue weighted by molar-refractivity contribution is 6.00. The monoisotopic (exact) mass is 453 g/mol. The van der Waals surface area contributed by atoms with Crippen LogP contribution in [-0.2, 0) is 6.42 Å². The van der Waals surface area contributed by atoms with Gasteiger partial charge >= 0.3 is 0 Å². The number of carbonyl (C=O) groups is 1. The molecule has 5 rings (SSSR count). The zero-order valence-corrected chi connectivity index (χ0v) is 18.5. The highest BCUT2D eigenvalue weighted by Crippen LogP contribution is 2.26. The molecule has 170 valence electrons. The van der Waals surface area contributed by atoms with Gasteiger partial charge in [0, 0.05) is 60.6 Å². The van der Waals surface area contributed by atoms with Crippen LogP contribution < -0.4 is 10.2 Å². The normalized spacial score (nSPS) is 13.7. The number of pyridine rings is 2. The number of anilines is 1. The molecule has 34 heavy (non-hydrogen) atoms. The minimum absolute atomic E-state index is 0.144. The lowest BCUT2D eigenvalue weighted by Gasteiger charge is -2.29. The van der Waals surface area contributed by atoms with Gasteiger partial charge in [0.15, 0.2) is 5.78 Å². The second-order valence-corrected chi connectivity index (χ2v) is 8.22. The van der Waals surface area contributed by atoms with E-state index in [0.29, 0.717) is 11.3 Å². The zero-order valence-electron chi connectivity index (χ0n) is 18.5. The van der Waals surface area contributed by atoms with Crippen molar-refractivity contribution in [3.05, 3.63) is 94.3 Å². The molecule has 8 nitrogen and oxygen atoms in total. The lowest BCUT2D eigenvalue weighted by molar-refractivity contribution is -0.385. The number of benzene rings is 2. The van der Waals surface area contributed by atoms with Gasteiger partial charge in [0.05, 0.1) is 22.6 Å². The number of rotatable bonds is 6. The van der Waals surface area contributed by atoms with Gasteiger partial charge in [-0.2, -0.15) is 0 Å². The van der Waals surface area contributed by atoms with Crippen LogP contribution in [0.1, 0.15) is 16.1 Å². The number of nitro groups is 1. The Morgan fingerprint density at radius 1 is 1.03 bits per heavy atom. The summed E-state index contributed by atoms with van der Waals surface area (Å²) in [7, 11) is 0. The van der Waals surface area contributed by atoms with Gasteiger partial charge in [0.25, 0.3) is 5.69 Å². The van der Waals surface area contributed by atoms with Gasteiger partial charge in [-0.3, -0.25) is 19.9 Å². The van der Waals surface area contributed by atoms with Crippen LogP contribution in [0.4, 0.5) is 11.4 Å². The first-order chi connectivity index (χ1) is 16.6. The van der Waals surface area contributed by atoms with Crippen LogP contribution in [0.15, 0.2) is 72.9 Å². The molecule has 0 amide bonds. The van der Waals surface area contributed by atoms with E-state index < -0.39 is 4.92 Å². The maximum Gasteiger partial charge on any atom is 0.291 e. The van der Waals surface area contributed by atoms with Gasteiger partial charge in [-0.05, 0) is 24.3 Å². The third kappa shape index (κ3) is 4.49. The van der Waals surface area contributed by atoms with Crippen LogP contribution >= 0.6 is 0 Å². The first-order valence-corrected chi connectivity index (χ1v) is 11.2. The zero-order chi connectivity index (χ0) is 23.5. The number of Topliss-reactive ketones (excluding diaryl/α,β-unsaturated/α-hetero) is 1. The summed E-state index contributed by atoms with van der Waals surface area (Å²) in [5, 5.41) is 15.8. The number of carbonyl (C=O) groups excluding carboxylic acids is 1. The first kappa shape index (κ1) is 21.7. The summed E-state index contributed by atoms with van der Waals surface area (Å²) in [4.78, 5) is 35.4. The fraction of sp³-hybridized carbons (Fsp3) is 0.192. The second-order valence-electron chi connectivity index (χ2n) is 8.22. The van der Waals surface area contributed by atoms with Crippen molar-refractivity contribution < 1.29 is 9.72 Å². The number of aromatic nitrogens is 2.